The molecule has 3 heterocycles. The molecule has 2 aromatic heterocycles. The molecule has 1 amide bonds. The van der Waals surface area contributed by atoms with Crippen molar-refractivity contribution < 1.29 is 14.3 Å². The maximum atomic E-state index is 12.7. The molecule has 0 spiro atoms. The Balaban J connectivity index is 1.85. The number of rotatable bonds is 4. The number of hydrogen-bond donors (Lipinski definition) is 0. The standard InChI is InChI=1S/C17H22N2O3S/c1-3-22-17(21)14-9-15-13(6-8-23-15)19(14)11-16(20)18-7-4-5-12(2)10-18/h6,8-9,12H,3-5,7,10-11H2,1-2H3/t12-/m0/s1. The number of carbonyl (C=O) groups is 2. The molecule has 1 saturated heterocycles. The van der Waals surface area contributed by atoms with Gasteiger partial charge in [0.25, 0.3) is 0 Å². The van der Waals surface area contributed by atoms with Crippen LogP contribution in [0, 0.1) is 5.92 Å². The molecule has 1 aliphatic heterocycles. The van der Waals surface area contributed by atoms with E-state index < -0.39 is 0 Å². The molecule has 23 heavy (non-hydrogen) atoms. The van der Waals surface area contributed by atoms with Gasteiger partial charge in [0.05, 0.1) is 16.8 Å². The summed E-state index contributed by atoms with van der Waals surface area (Å²) in [5, 5.41) is 1.98. The molecule has 0 saturated carbocycles. The van der Waals surface area contributed by atoms with Crippen LogP contribution in [0.15, 0.2) is 17.5 Å². The van der Waals surface area contributed by atoms with Crippen LogP contribution in [-0.4, -0.2) is 41.0 Å². The summed E-state index contributed by atoms with van der Waals surface area (Å²) < 4.78 is 7.94. The van der Waals surface area contributed by atoms with Gasteiger partial charge in [0.2, 0.25) is 5.91 Å². The van der Waals surface area contributed by atoms with Crippen molar-refractivity contribution in [2.45, 2.75) is 33.2 Å². The van der Waals surface area contributed by atoms with E-state index in [1.165, 1.54) is 6.42 Å². The maximum Gasteiger partial charge on any atom is 0.355 e. The zero-order chi connectivity index (χ0) is 16.4. The minimum Gasteiger partial charge on any atom is -0.461 e. The van der Waals surface area contributed by atoms with E-state index in [1.807, 2.05) is 22.4 Å². The summed E-state index contributed by atoms with van der Waals surface area (Å²) in [5.74, 6) is 0.254. The second kappa shape index (κ2) is 6.74. The van der Waals surface area contributed by atoms with E-state index in [0.717, 1.165) is 29.7 Å². The van der Waals surface area contributed by atoms with Crippen molar-refractivity contribution in [1.29, 1.82) is 0 Å². The number of esters is 1. The fourth-order valence-electron chi connectivity index (χ4n) is 3.17. The van der Waals surface area contributed by atoms with Crippen LogP contribution in [0.25, 0.3) is 10.2 Å². The van der Waals surface area contributed by atoms with Crippen LogP contribution in [0.3, 0.4) is 0 Å². The average Bonchev–Trinajstić information content (AvgIpc) is 3.10. The normalized spacial score (nSPS) is 18.3. The maximum absolute atomic E-state index is 12.7. The highest BCUT2D eigenvalue weighted by atomic mass is 32.1. The van der Waals surface area contributed by atoms with E-state index >= 15 is 0 Å². The second-order valence-electron chi connectivity index (χ2n) is 6.09. The lowest BCUT2D eigenvalue weighted by Gasteiger charge is -2.31. The molecule has 1 fully saturated rings. The zero-order valence-corrected chi connectivity index (χ0v) is 14.4. The van der Waals surface area contributed by atoms with Gasteiger partial charge in [0.15, 0.2) is 0 Å². The Morgan fingerprint density at radius 3 is 3.00 bits per heavy atom. The molecule has 0 unspecified atom stereocenters. The predicted molar refractivity (Wildman–Crippen MR) is 90.7 cm³/mol. The van der Waals surface area contributed by atoms with Crippen LogP contribution >= 0.6 is 11.3 Å². The average molecular weight is 334 g/mol. The quantitative estimate of drug-likeness (QED) is 0.807. The number of ether oxygens (including phenoxy) is 1. The lowest BCUT2D eigenvalue weighted by Crippen LogP contribution is -2.41. The molecule has 1 aliphatic rings. The summed E-state index contributed by atoms with van der Waals surface area (Å²) in [7, 11) is 0. The summed E-state index contributed by atoms with van der Waals surface area (Å²) in [6.07, 6.45) is 2.23. The topological polar surface area (TPSA) is 51.5 Å². The molecule has 124 valence electrons. The van der Waals surface area contributed by atoms with Gasteiger partial charge in [0, 0.05) is 13.1 Å². The van der Waals surface area contributed by atoms with Crippen LogP contribution in [0.5, 0.6) is 0 Å². The summed E-state index contributed by atoms with van der Waals surface area (Å²) in [4.78, 5) is 26.8. The van der Waals surface area contributed by atoms with E-state index in [-0.39, 0.29) is 18.4 Å². The van der Waals surface area contributed by atoms with Crippen molar-refractivity contribution in [3.05, 3.63) is 23.2 Å². The number of carbonyl (C=O) groups excluding carboxylic acids is 2. The molecule has 0 aromatic carbocycles. The Morgan fingerprint density at radius 2 is 2.26 bits per heavy atom. The first kappa shape index (κ1) is 16.1. The second-order valence-corrected chi connectivity index (χ2v) is 7.04. The van der Waals surface area contributed by atoms with Crippen LogP contribution < -0.4 is 0 Å². The van der Waals surface area contributed by atoms with Crippen LogP contribution in [0.4, 0.5) is 0 Å². The Kier molecular flexibility index (Phi) is 4.71. The highest BCUT2D eigenvalue weighted by Crippen LogP contribution is 2.26. The first-order valence-corrected chi connectivity index (χ1v) is 8.99. The van der Waals surface area contributed by atoms with Crippen molar-refractivity contribution in [1.82, 2.24) is 9.47 Å². The summed E-state index contributed by atoms with van der Waals surface area (Å²) in [6, 6.07) is 3.78. The number of fused-ring (bicyclic) bond motifs is 1. The largest absolute Gasteiger partial charge is 0.461 e. The minimum atomic E-state index is -0.365. The Hall–Kier alpha value is -1.82. The molecule has 5 nitrogen and oxygen atoms in total. The number of nitrogens with zero attached hydrogens (tertiary/aromatic N) is 2. The van der Waals surface area contributed by atoms with Gasteiger partial charge in [-0.25, -0.2) is 4.79 Å². The third-order valence-corrected chi connectivity index (χ3v) is 5.16. The van der Waals surface area contributed by atoms with E-state index in [4.69, 9.17) is 4.74 Å². The number of piperidine rings is 1. The Morgan fingerprint density at radius 1 is 1.43 bits per heavy atom. The third-order valence-electron chi connectivity index (χ3n) is 4.31. The lowest BCUT2D eigenvalue weighted by atomic mass is 10.0. The van der Waals surface area contributed by atoms with E-state index in [0.29, 0.717) is 18.2 Å². The summed E-state index contributed by atoms with van der Waals surface area (Å²) in [6.45, 7) is 6.11. The van der Waals surface area contributed by atoms with Crippen molar-refractivity contribution in [2.75, 3.05) is 19.7 Å². The predicted octanol–water partition coefficient (Wildman–Crippen LogP) is 3.14. The molecular formula is C17H22N2O3S. The van der Waals surface area contributed by atoms with Gasteiger partial charge in [0.1, 0.15) is 12.2 Å². The molecule has 3 rings (SSSR count). The number of hydrogen-bond acceptors (Lipinski definition) is 4. The molecule has 1 atom stereocenters. The highest BCUT2D eigenvalue weighted by Gasteiger charge is 2.24. The Labute approximate surface area is 139 Å². The van der Waals surface area contributed by atoms with Gasteiger partial charge in [-0.15, -0.1) is 11.3 Å². The number of aromatic nitrogens is 1. The van der Waals surface area contributed by atoms with Crippen molar-refractivity contribution in [3.8, 4) is 0 Å². The van der Waals surface area contributed by atoms with Crippen LogP contribution in [-0.2, 0) is 16.1 Å². The number of thiophene rings is 1. The number of likely N-dealkylation sites (tertiary alicyclic amines) is 1. The molecule has 2 aromatic rings. The molecule has 0 aliphatic carbocycles. The SMILES string of the molecule is CCOC(=O)c1cc2sccc2n1CC(=O)N1CCC[C@H](C)C1. The summed E-state index contributed by atoms with van der Waals surface area (Å²) >= 11 is 1.57. The van der Waals surface area contributed by atoms with E-state index in [2.05, 4.69) is 6.92 Å². The van der Waals surface area contributed by atoms with Gasteiger partial charge < -0.3 is 14.2 Å². The van der Waals surface area contributed by atoms with Gasteiger partial charge in [-0.2, -0.15) is 0 Å². The van der Waals surface area contributed by atoms with Crippen molar-refractivity contribution in [3.63, 3.8) is 0 Å². The summed E-state index contributed by atoms with van der Waals surface area (Å²) in [5.41, 5.74) is 1.39. The first-order chi connectivity index (χ1) is 11.1. The third kappa shape index (κ3) is 3.27. The highest BCUT2D eigenvalue weighted by molar-refractivity contribution is 7.17. The van der Waals surface area contributed by atoms with Crippen molar-refractivity contribution >= 4 is 33.4 Å². The Bertz CT molecular complexity index is 719. The molecule has 0 radical (unpaired) electrons. The smallest absolute Gasteiger partial charge is 0.355 e. The van der Waals surface area contributed by atoms with E-state index in [9.17, 15) is 9.59 Å². The van der Waals surface area contributed by atoms with E-state index in [1.54, 1.807) is 22.8 Å². The fraction of sp³-hybridized carbons (Fsp3) is 0.529. The first-order valence-electron chi connectivity index (χ1n) is 8.11. The fourth-order valence-corrected chi connectivity index (χ4v) is 3.99. The zero-order valence-electron chi connectivity index (χ0n) is 13.6. The van der Waals surface area contributed by atoms with Gasteiger partial charge in [-0.05, 0) is 43.2 Å². The van der Waals surface area contributed by atoms with Gasteiger partial charge in [-0.3, -0.25) is 4.79 Å². The van der Waals surface area contributed by atoms with Gasteiger partial charge in [-0.1, -0.05) is 6.92 Å². The molecule has 0 N–H and O–H groups in total. The molecule has 0 bridgehead atoms. The van der Waals surface area contributed by atoms with Crippen molar-refractivity contribution in [2.24, 2.45) is 5.92 Å². The van der Waals surface area contributed by atoms with Gasteiger partial charge >= 0.3 is 5.97 Å². The van der Waals surface area contributed by atoms with Crippen LogP contribution in [0.1, 0.15) is 37.2 Å². The number of amides is 1. The van der Waals surface area contributed by atoms with Crippen LogP contribution in [0.2, 0.25) is 0 Å². The monoisotopic (exact) mass is 334 g/mol. The molecule has 6 heteroatoms. The minimum absolute atomic E-state index is 0.0748. The molecular weight excluding hydrogens is 312 g/mol. The lowest BCUT2D eigenvalue weighted by molar-refractivity contribution is -0.133.